The monoisotopic (exact) mass is 329 g/mol. The molecule has 0 spiro atoms. The van der Waals surface area contributed by atoms with Gasteiger partial charge in [-0.2, -0.15) is 5.10 Å². The number of benzene rings is 2. The summed E-state index contributed by atoms with van der Waals surface area (Å²) in [6.07, 6.45) is 0.773. The smallest absolute Gasteiger partial charge is 0.189 e. The van der Waals surface area contributed by atoms with E-state index in [1.807, 2.05) is 54.5 Å². The van der Waals surface area contributed by atoms with Gasteiger partial charge in [-0.15, -0.1) is 0 Å². The number of rotatable bonds is 2. The van der Waals surface area contributed by atoms with Gasteiger partial charge < -0.3 is 5.32 Å². The van der Waals surface area contributed by atoms with Crippen LogP contribution in [0.1, 0.15) is 23.6 Å². The van der Waals surface area contributed by atoms with Crippen LogP contribution in [-0.4, -0.2) is 22.9 Å². The summed E-state index contributed by atoms with van der Waals surface area (Å²) in [4.78, 5) is 0. The lowest BCUT2D eigenvalue weighted by atomic mass is 9.98. The van der Waals surface area contributed by atoms with E-state index in [0.29, 0.717) is 5.11 Å². The van der Waals surface area contributed by atoms with E-state index in [-0.39, 0.29) is 6.04 Å². The second-order valence-corrected chi connectivity index (χ2v) is 5.85. The number of hydrogen-bond donors (Lipinski definition) is 1. The topological polar surface area (TPSA) is 27.6 Å². The van der Waals surface area contributed by atoms with Crippen LogP contribution in [0.4, 0.5) is 0 Å². The van der Waals surface area contributed by atoms with E-state index in [4.69, 9.17) is 28.9 Å². The van der Waals surface area contributed by atoms with E-state index >= 15 is 0 Å². The first-order valence-electron chi connectivity index (χ1n) is 7.09. The fraction of sp³-hybridized carbons (Fsp3) is 0.176. The molecule has 1 aliphatic rings. The predicted molar refractivity (Wildman–Crippen MR) is 95.3 cm³/mol. The molecule has 3 nitrogen and oxygen atoms in total. The molecule has 0 fully saturated rings. The lowest BCUT2D eigenvalue weighted by Crippen LogP contribution is -2.34. The molecule has 0 unspecified atom stereocenters. The highest BCUT2D eigenvalue weighted by Crippen LogP contribution is 2.36. The molecular weight excluding hydrogens is 314 g/mol. The minimum absolute atomic E-state index is 0.0175. The highest BCUT2D eigenvalue weighted by molar-refractivity contribution is 7.80. The van der Waals surface area contributed by atoms with Gasteiger partial charge in [0.05, 0.1) is 11.8 Å². The molecule has 3 rings (SSSR count). The molecule has 5 heteroatoms. The zero-order valence-electron chi connectivity index (χ0n) is 12.2. The zero-order chi connectivity index (χ0) is 15.5. The molecule has 112 valence electrons. The molecule has 0 radical (unpaired) electrons. The maximum absolute atomic E-state index is 6.37. The third-order valence-corrected chi connectivity index (χ3v) is 4.44. The Morgan fingerprint density at radius 2 is 1.86 bits per heavy atom. The van der Waals surface area contributed by atoms with E-state index in [0.717, 1.165) is 28.3 Å². The van der Waals surface area contributed by atoms with Crippen molar-refractivity contribution in [2.45, 2.75) is 12.5 Å². The van der Waals surface area contributed by atoms with Crippen molar-refractivity contribution in [3.63, 3.8) is 0 Å². The average Bonchev–Trinajstić information content (AvgIpc) is 3.00. The Bertz CT molecular complexity index is 715. The van der Waals surface area contributed by atoms with Gasteiger partial charge in [0.1, 0.15) is 0 Å². The molecule has 0 bridgehead atoms. The van der Waals surface area contributed by atoms with Crippen molar-refractivity contribution in [2.24, 2.45) is 5.10 Å². The SMILES string of the molecule is CNC(=S)N1N=C(c2ccccc2)C[C@@H]1c1ccccc1Cl. The van der Waals surface area contributed by atoms with Gasteiger partial charge in [-0.05, 0) is 29.4 Å². The Labute approximate surface area is 140 Å². The highest BCUT2D eigenvalue weighted by Gasteiger charge is 2.32. The van der Waals surface area contributed by atoms with Gasteiger partial charge in [0.2, 0.25) is 0 Å². The Morgan fingerprint density at radius 3 is 2.55 bits per heavy atom. The summed E-state index contributed by atoms with van der Waals surface area (Å²) in [6, 6.07) is 18.0. The number of hydrazone groups is 1. The first-order valence-corrected chi connectivity index (χ1v) is 7.87. The number of nitrogens with one attached hydrogen (secondary N) is 1. The van der Waals surface area contributed by atoms with Gasteiger partial charge in [0.15, 0.2) is 5.11 Å². The summed E-state index contributed by atoms with van der Waals surface area (Å²) in [5.74, 6) is 0. The van der Waals surface area contributed by atoms with Crippen molar-refractivity contribution in [3.8, 4) is 0 Å². The predicted octanol–water partition coefficient (Wildman–Crippen LogP) is 4.00. The second-order valence-electron chi connectivity index (χ2n) is 5.05. The molecule has 2 aromatic carbocycles. The lowest BCUT2D eigenvalue weighted by Gasteiger charge is -2.24. The van der Waals surface area contributed by atoms with E-state index < -0.39 is 0 Å². The number of hydrogen-bond acceptors (Lipinski definition) is 2. The molecule has 2 aromatic rings. The Morgan fingerprint density at radius 1 is 1.18 bits per heavy atom. The number of thiocarbonyl (C=S) groups is 1. The summed E-state index contributed by atoms with van der Waals surface area (Å²) >= 11 is 11.8. The minimum Gasteiger partial charge on any atom is -0.364 e. The molecule has 22 heavy (non-hydrogen) atoms. The maximum atomic E-state index is 6.37. The van der Waals surface area contributed by atoms with Crippen LogP contribution >= 0.6 is 23.8 Å². The molecular formula is C17H16ClN3S. The quantitative estimate of drug-likeness (QED) is 0.844. The van der Waals surface area contributed by atoms with Gasteiger partial charge in [0, 0.05) is 18.5 Å². The summed E-state index contributed by atoms with van der Waals surface area (Å²) in [6.45, 7) is 0. The normalized spacial score (nSPS) is 17.3. The van der Waals surface area contributed by atoms with Gasteiger partial charge in [-0.3, -0.25) is 0 Å². The Kier molecular flexibility index (Phi) is 4.41. The van der Waals surface area contributed by atoms with Crippen molar-refractivity contribution < 1.29 is 0 Å². The average molecular weight is 330 g/mol. The van der Waals surface area contributed by atoms with Crippen LogP contribution in [0, 0.1) is 0 Å². The van der Waals surface area contributed by atoms with Gasteiger partial charge in [0.25, 0.3) is 0 Å². The van der Waals surface area contributed by atoms with Crippen LogP contribution < -0.4 is 5.32 Å². The fourth-order valence-corrected chi connectivity index (χ4v) is 3.03. The summed E-state index contributed by atoms with van der Waals surface area (Å²) in [5.41, 5.74) is 3.17. The fourth-order valence-electron chi connectivity index (χ4n) is 2.60. The molecule has 0 amide bonds. The van der Waals surface area contributed by atoms with Gasteiger partial charge in [-0.25, -0.2) is 5.01 Å². The van der Waals surface area contributed by atoms with Gasteiger partial charge in [-0.1, -0.05) is 60.1 Å². The minimum atomic E-state index is 0.0175. The molecule has 1 aliphatic heterocycles. The zero-order valence-corrected chi connectivity index (χ0v) is 13.7. The highest BCUT2D eigenvalue weighted by atomic mass is 35.5. The van der Waals surface area contributed by atoms with E-state index in [1.54, 1.807) is 0 Å². The summed E-state index contributed by atoms with van der Waals surface area (Å²) in [5, 5.41) is 10.9. The Balaban J connectivity index is 1.98. The standard InChI is InChI=1S/C17H16ClN3S/c1-19-17(22)21-16(13-9-5-6-10-14(13)18)11-15(20-21)12-7-3-2-4-8-12/h2-10,16H,11H2,1H3,(H,19,22)/t16-/m1/s1. The number of nitrogens with zero attached hydrogens (tertiary/aromatic N) is 2. The van der Waals surface area contributed by atoms with Crippen LogP contribution in [0.5, 0.6) is 0 Å². The van der Waals surface area contributed by atoms with Crippen LogP contribution in [0.2, 0.25) is 5.02 Å². The van der Waals surface area contributed by atoms with Gasteiger partial charge >= 0.3 is 0 Å². The third-order valence-electron chi connectivity index (χ3n) is 3.70. The first kappa shape index (κ1) is 15.0. The molecule has 1 heterocycles. The molecule has 0 saturated heterocycles. The molecule has 1 atom stereocenters. The number of halogens is 1. The summed E-state index contributed by atoms with van der Waals surface area (Å²) in [7, 11) is 1.81. The van der Waals surface area contributed by atoms with Crippen molar-refractivity contribution in [2.75, 3.05) is 7.05 Å². The van der Waals surface area contributed by atoms with E-state index in [1.165, 1.54) is 0 Å². The van der Waals surface area contributed by atoms with Crippen molar-refractivity contribution in [1.29, 1.82) is 0 Å². The van der Waals surface area contributed by atoms with E-state index in [2.05, 4.69) is 17.4 Å². The van der Waals surface area contributed by atoms with E-state index in [9.17, 15) is 0 Å². The second kappa shape index (κ2) is 6.46. The van der Waals surface area contributed by atoms with Crippen molar-refractivity contribution in [1.82, 2.24) is 10.3 Å². The van der Waals surface area contributed by atoms with Crippen LogP contribution in [0.25, 0.3) is 0 Å². The lowest BCUT2D eigenvalue weighted by molar-refractivity contribution is 0.367. The van der Waals surface area contributed by atoms with Crippen LogP contribution in [0.3, 0.4) is 0 Å². The molecule has 1 N–H and O–H groups in total. The maximum Gasteiger partial charge on any atom is 0.189 e. The van der Waals surface area contributed by atoms with Crippen LogP contribution in [0.15, 0.2) is 59.7 Å². The first-order chi connectivity index (χ1) is 10.7. The summed E-state index contributed by atoms with van der Waals surface area (Å²) < 4.78 is 0. The third kappa shape index (κ3) is 2.85. The largest absolute Gasteiger partial charge is 0.364 e. The van der Waals surface area contributed by atoms with Crippen molar-refractivity contribution >= 4 is 34.6 Å². The molecule has 0 aromatic heterocycles. The Hall–Kier alpha value is -1.91. The van der Waals surface area contributed by atoms with Crippen molar-refractivity contribution in [3.05, 3.63) is 70.7 Å². The van der Waals surface area contributed by atoms with Crippen LogP contribution in [-0.2, 0) is 0 Å². The molecule has 0 aliphatic carbocycles. The molecule has 0 saturated carbocycles.